The average molecular weight is 327 g/mol. The number of hydrogen-bond acceptors (Lipinski definition) is 5. The minimum Gasteiger partial charge on any atom is -0.468 e. The molecule has 0 aromatic heterocycles. The van der Waals surface area contributed by atoms with Gasteiger partial charge in [0.1, 0.15) is 11.4 Å². The summed E-state index contributed by atoms with van der Waals surface area (Å²) in [4.78, 5) is 10.8. The van der Waals surface area contributed by atoms with E-state index in [-0.39, 0.29) is 20.6 Å². The quantitative estimate of drug-likeness (QED) is 0.666. The van der Waals surface area contributed by atoms with Gasteiger partial charge in [0.25, 0.3) is 0 Å². The lowest BCUT2D eigenvalue weighted by Crippen LogP contribution is -2.33. The van der Waals surface area contributed by atoms with E-state index in [1.54, 1.807) is 0 Å². The molecule has 0 spiro atoms. The summed E-state index contributed by atoms with van der Waals surface area (Å²) in [6, 6.07) is 2.53. The van der Waals surface area contributed by atoms with Crippen molar-refractivity contribution in [2.45, 2.75) is 4.90 Å². The molecule has 0 aliphatic heterocycles. The maximum Gasteiger partial charge on any atom is 0.321 e. The van der Waals surface area contributed by atoms with Crippen molar-refractivity contribution in [1.29, 1.82) is 0 Å². The van der Waals surface area contributed by atoms with Gasteiger partial charge in [0.2, 0.25) is 10.0 Å². The molecule has 19 heavy (non-hydrogen) atoms. The van der Waals surface area contributed by atoms with Crippen LogP contribution in [0.5, 0.6) is 0 Å². The minimum atomic E-state index is -4.01. The lowest BCUT2D eigenvalue weighted by Gasteiger charge is -2.18. The summed E-state index contributed by atoms with van der Waals surface area (Å²) in [7, 11) is -1.63. The highest BCUT2D eigenvalue weighted by molar-refractivity contribution is 7.89. The number of nitrogens with zero attached hydrogens (tertiary/aromatic N) is 1. The van der Waals surface area contributed by atoms with Crippen LogP contribution in [-0.2, 0) is 19.6 Å². The van der Waals surface area contributed by atoms with Gasteiger partial charge < -0.3 is 10.5 Å². The van der Waals surface area contributed by atoms with Crippen molar-refractivity contribution in [3.8, 4) is 0 Å². The van der Waals surface area contributed by atoms with E-state index in [2.05, 4.69) is 4.74 Å². The van der Waals surface area contributed by atoms with E-state index in [1.165, 1.54) is 19.2 Å². The van der Waals surface area contributed by atoms with Crippen molar-refractivity contribution in [2.24, 2.45) is 0 Å². The Kier molecular flexibility index (Phi) is 5.03. The number of esters is 1. The maximum absolute atomic E-state index is 12.2. The zero-order valence-corrected chi connectivity index (χ0v) is 12.5. The van der Waals surface area contributed by atoms with Crippen molar-refractivity contribution >= 4 is 44.9 Å². The van der Waals surface area contributed by atoms with E-state index in [0.29, 0.717) is 0 Å². The van der Waals surface area contributed by atoms with Gasteiger partial charge in [0.05, 0.1) is 17.8 Å². The minimum absolute atomic E-state index is 0.0887. The predicted octanol–water partition coefficient (Wildman–Crippen LogP) is 1.37. The van der Waals surface area contributed by atoms with Crippen LogP contribution in [0.25, 0.3) is 0 Å². The van der Waals surface area contributed by atoms with Gasteiger partial charge in [-0.05, 0) is 12.1 Å². The molecule has 6 nitrogen and oxygen atoms in total. The lowest BCUT2D eigenvalue weighted by molar-refractivity contribution is -0.140. The van der Waals surface area contributed by atoms with Crippen LogP contribution in [0.1, 0.15) is 0 Å². The molecule has 0 bridgehead atoms. The Morgan fingerprint density at radius 2 is 2.00 bits per heavy atom. The number of benzene rings is 1. The fraction of sp³-hybridized carbons (Fsp3) is 0.300. The van der Waals surface area contributed by atoms with Crippen LogP contribution in [0.2, 0.25) is 10.0 Å². The number of halogens is 2. The van der Waals surface area contributed by atoms with Gasteiger partial charge in [0.15, 0.2) is 0 Å². The number of nitrogens with two attached hydrogens (primary N) is 1. The number of nitrogen functional groups attached to an aromatic ring is 1. The van der Waals surface area contributed by atoms with Gasteiger partial charge in [-0.3, -0.25) is 4.79 Å². The van der Waals surface area contributed by atoms with Gasteiger partial charge in [-0.15, -0.1) is 0 Å². The summed E-state index contributed by atoms with van der Waals surface area (Å²) in [5.74, 6) is -0.699. The van der Waals surface area contributed by atoms with Crippen molar-refractivity contribution in [2.75, 3.05) is 26.4 Å². The molecule has 0 aliphatic rings. The van der Waals surface area contributed by atoms with E-state index in [0.717, 1.165) is 11.4 Å². The standard InChI is InChI=1S/C10H12Cl2N2O4S/c1-14(5-9(15)18-2)19(16,17)10-7(12)3-6(11)4-8(10)13/h3-4H,5,13H2,1-2H3. The molecule has 1 rings (SSSR count). The largest absolute Gasteiger partial charge is 0.468 e. The number of anilines is 1. The Morgan fingerprint density at radius 3 is 2.47 bits per heavy atom. The number of rotatable bonds is 4. The molecule has 9 heteroatoms. The Balaban J connectivity index is 3.24. The summed E-state index contributed by atoms with van der Waals surface area (Å²) in [5, 5.41) is 0.110. The Hall–Kier alpha value is -1.02. The molecule has 0 unspecified atom stereocenters. The summed E-state index contributed by atoms with van der Waals surface area (Å²) in [5.41, 5.74) is 5.53. The van der Waals surface area contributed by atoms with Gasteiger partial charge in [-0.25, -0.2) is 8.42 Å². The highest BCUT2D eigenvalue weighted by Crippen LogP contribution is 2.32. The third-order valence-electron chi connectivity index (χ3n) is 2.28. The summed E-state index contributed by atoms with van der Waals surface area (Å²) in [6.45, 7) is -0.447. The van der Waals surface area contributed by atoms with Crippen molar-refractivity contribution in [3.05, 3.63) is 22.2 Å². The highest BCUT2D eigenvalue weighted by atomic mass is 35.5. The third-order valence-corrected chi connectivity index (χ3v) is 4.83. The van der Waals surface area contributed by atoms with E-state index in [4.69, 9.17) is 28.9 Å². The van der Waals surface area contributed by atoms with E-state index >= 15 is 0 Å². The molecule has 0 aliphatic carbocycles. The molecule has 2 N–H and O–H groups in total. The van der Waals surface area contributed by atoms with Crippen LogP contribution in [0, 0.1) is 0 Å². The Labute approximate surface area is 121 Å². The number of hydrogen-bond donors (Lipinski definition) is 1. The van der Waals surface area contributed by atoms with Gasteiger partial charge in [-0.2, -0.15) is 4.31 Å². The fourth-order valence-electron chi connectivity index (χ4n) is 1.34. The third kappa shape index (κ3) is 3.50. The molecule has 0 amide bonds. The molecule has 1 aromatic rings. The summed E-state index contributed by atoms with van der Waals surface area (Å²) >= 11 is 11.6. The molecule has 0 atom stereocenters. The van der Waals surface area contributed by atoms with E-state index < -0.39 is 22.5 Å². The monoisotopic (exact) mass is 326 g/mol. The summed E-state index contributed by atoms with van der Waals surface area (Å²) in [6.07, 6.45) is 0. The number of likely N-dealkylation sites (N-methyl/N-ethyl adjacent to an activating group) is 1. The van der Waals surface area contributed by atoms with Crippen LogP contribution >= 0.6 is 23.2 Å². The average Bonchev–Trinajstić information content (AvgIpc) is 2.26. The first-order valence-electron chi connectivity index (χ1n) is 4.97. The van der Waals surface area contributed by atoms with Gasteiger partial charge >= 0.3 is 5.97 Å². The summed E-state index contributed by atoms with van der Waals surface area (Å²) < 4.78 is 29.7. The fourth-order valence-corrected chi connectivity index (χ4v) is 3.39. The van der Waals surface area contributed by atoms with Crippen LogP contribution in [0.3, 0.4) is 0 Å². The molecule has 106 valence electrons. The molecule has 0 heterocycles. The Bertz CT molecular complexity index is 581. The predicted molar refractivity (Wildman–Crippen MR) is 72.7 cm³/mol. The van der Waals surface area contributed by atoms with Crippen LogP contribution < -0.4 is 5.73 Å². The topological polar surface area (TPSA) is 89.7 Å². The maximum atomic E-state index is 12.2. The number of ether oxygens (including phenoxy) is 1. The SMILES string of the molecule is COC(=O)CN(C)S(=O)(=O)c1c(N)cc(Cl)cc1Cl. The van der Waals surface area contributed by atoms with Crippen molar-refractivity contribution < 1.29 is 17.9 Å². The molecule has 0 radical (unpaired) electrons. The molecular weight excluding hydrogens is 315 g/mol. The van der Waals surface area contributed by atoms with Crippen molar-refractivity contribution in [1.82, 2.24) is 4.31 Å². The molecule has 0 saturated carbocycles. The number of carbonyl (C=O) groups excluding carboxylic acids is 1. The second-order valence-electron chi connectivity index (χ2n) is 3.64. The number of methoxy groups -OCH3 is 1. The molecule has 1 aromatic carbocycles. The lowest BCUT2D eigenvalue weighted by atomic mass is 10.3. The smallest absolute Gasteiger partial charge is 0.321 e. The van der Waals surface area contributed by atoms with Crippen molar-refractivity contribution in [3.63, 3.8) is 0 Å². The first-order chi connectivity index (χ1) is 8.70. The van der Waals surface area contributed by atoms with E-state index in [1.807, 2.05) is 0 Å². The molecule has 0 saturated heterocycles. The van der Waals surface area contributed by atoms with Crippen LogP contribution in [-0.4, -0.2) is 39.4 Å². The number of carbonyl (C=O) groups is 1. The zero-order valence-electron chi connectivity index (χ0n) is 10.2. The second kappa shape index (κ2) is 5.96. The normalized spacial score (nSPS) is 11.6. The zero-order chi connectivity index (χ0) is 14.8. The Morgan fingerprint density at radius 1 is 1.42 bits per heavy atom. The van der Waals surface area contributed by atoms with Gasteiger partial charge in [0, 0.05) is 12.1 Å². The second-order valence-corrected chi connectivity index (χ2v) is 6.47. The van der Waals surface area contributed by atoms with Gasteiger partial charge in [-0.1, -0.05) is 23.2 Å². The first-order valence-corrected chi connectivity index (χ1v) is 7.17. The van der Waals surface area contributed by atoms with E-state index in [9.17, 15) is 13.2 Å². The van der Waals surface area contributed by atoms with Crippen LogP contribution in [0.15, 0.2) is 17.0 Å². The molecule has 0 fully saturated rings. The molecular formula is C10H12Cl2N2O4S. The first kappa shape index (κ1) is 16.0. The van der Waals surface area contributed by atoms with Crippen LogP contribution in [0.4, 0.5) is 5.69 Å². The number of sulfonamides is 1. The highest BCUT2D eigenvalue weighted by Gasteiger charge is 2.28.